The number of fused-ring (bicyclic) bond motifs is 1. The van der Waals surface area contributed by atoms with Gasteiger partial charge in [-0.25, -0.2) is 4.79 Å². The Morgan fingerprint density at radius 3 is 2.94 bits per heavy atom. The fourth-order valence-electron chi connectivity index (χ4n) is 2.18. The van der Waals surface area contributed by atoms with Crippen molar-refractivity contribution in [3.63, 3.8) is 0 Å². The lowest BCUT2D eigenvalue weighted by molar-refractivity contribution is 0.0232. The van der Waals surface area contributed by atoms with Crippen LogP contribution in [0.1, 0.15) is 48.5 Å². The SMILES string of the molecule is CCCCC[C@@H]1Cc2ccccc2C(=O)O1. The van der Waals surface area contributed by atoms with Crippen molar-refractivity contribution in [1.29, 1.82) is 0 Å². The van der Waals surface area contributed by atoms with Crippen LogP contribution in [0.15, 0.2) is 24.3 Å². The van der Waals surface area contributed by atoms with Gasteiger partial charge in [0.25, 0.3) is 0 Å². The van der Waals surface area contributed by atoms with E-state index in [2.05, 4.69) is 6.92 Å². The molecule has 0 saturated carbocycles. The van der Waals surface area contributed by atoms with E-state index in [-0.39, 0.29) is 12.1 Å². The first-order chi connectivity index (χ1) is 7.81. The van der Waals surface area contributed by atoms with Crippen LogP contribution in [0, 0.1) is 0 Å². The van der Waals surface area contributed by atoms with E-state index >= 15 is 0 Å². The zero-order valence-corrected chi connectivity index (χ0v) is 9.74. The molecule has 1 aliphatic heterocycles. The van der Waals surface area contributed by atoms with E-state index in [9.17, 15) is 4.79 Å². The molecule has 0 amide bonds. The lowest BCUT2D eigenvalue weighted by Crippen LogP contribution is -2.27. The van der Waals surface area contributed by atoms with Gasteiger partial charge in [-0.2, -0.15) is 0 Å². The molecule has 0 bridgehead atoms. The maximum Gasteiger partial charge on any atom is 0.338 e. The second kappa shape index (κ2) is 5.15. The molecule has 1 aromatic rings. The molecule has 0 aliphatic carbocycles. The van der Waals surface area contributed by atoms with E-state index in [0.29, 0.717) is 0 Å². The molecule has 2 heteroatoms. The topological polar surface area (TPSA) is 26.3 Å². The largest absolute Gasteiger partial charge is 0.458 e. The van der Waals surface area contributed by atoms with Crippen molar-refractivity contribution in [3.05, 3.63) is 35.4 Å². The Labute approximate surface area is 96.6 Å². The van der Waals surface area contributed by atoms with Crippen LogP contribution in [-0.2, 0) is 11.2 Å². The summed E-state index contributed by atoms with van der Waals surface area (Å²) < 4.78 is 5.42. The molecule has 0 unspecified atom stereocenters. The van der Waals surface area contributed by atoms with Crippen LogP contribution >= 0.6 is 0 Å². The van der Waals surface area contributed by atoms with Gasteiger partial charge in [0.05, 0.1) is 5.56 Å². The van der Waals surface area contributed by atoms with Gasteiger partial charge in [0.2, 0.25) is 0 Å². The molecule has 0 saturated heterocycles. The number of unbranched alkanes of at least 4 members (excludes halogenated alkanes) is 2. The average Bonchev–Trinajstić information content (AvgIpc) is 2.30. The fourth-order valence-corrected chi connectivity index (χ4v) is 2.18. The second-order valence-electron chi connectivity index (χ2n) is 4.38. The quantitative estimate of drug-likeness (QED) is 0.572. The van der Waals surface area contributed by atoms with Crippen molar-refractivity contribution in [1.82, 2.24) is 0 Å². The maximum absolute atomic E-state index is 11.7. The summed E-state index contributed by atoms with van der Waals surface area (Å²) in [5.74, 6) is -0.150. The highest BCUT2D eigenvalue weighted by Gasteiger charge is 2.25. The van der Waals surface area contributed by atoms with Gasteiger partial charge in [0.15, 0.2) is 0 Å². The van der Waals surface area contributed by atoms with Gasteiger partial charge in [0, 0.05) is 6.42 Å². The van der Waals surface area contributed by atoms with Crippen molar-refractivity contribution in [2.75, 3.05) is 0 Å². The second-order valence-corrected chi connectivity index (χ2v) is 4.38. The van der Waals surface area contributed by atoms with Crippen LogP contribution in [0.5, 0.6) is 0 Å². The van der Waals surface area contributed by atoms with Crippen LogP contribution < -0.4 is 0 Å². The van der Waals surface area contributed by atoms with E-state index < -0.39 is 0 Å². The minimum Gasteiger partial charge on any atom is -0.458 e. The standard InChI is InChI=1S/C14H18O2/c1-2-3-4-8-12-10-11-7-5-6-9-13(11)14(15)16-12/h5-7,9,12H,2-4,8,10H2,1H3/t12-/m1/s1. The van der Waals surface area contributed by atoms with Gasteiger partial charge in [0.1, 0.15) is 6.10 Å². The molecule has 0 spiro atoms. The molecular weight excluding hydrogens is 200 g/mol. The Bertz CT molecular complexity index is 371. The predicted molar refractivity (Wildman–Crippen MR) is 63.5 cm³/mol. The van der Waals surface area contributed by atoms with Crippen molar-refractivity contribution < 1.29 is 9.53 Å². The van der Waals surface area contributed by atoms with Gasteiger partial charge in [-0.1, -0.05) is 38.0 Å². The van der Waals surface area contributed by atoms with Crippen LogP contribution in [0.25, 0.3) is 0 Å². The summed E-state index contributed by atoms with van der Waals surface area (Å²) in [6, 6.07) is 7.75. The number of esters is 1. The third-order valence-corrected chi connectivity index (χ3v) is 3.09. The highest BCUT2D eigenvalue weighted by Crippen LogP contribution is 2.23. The first-order valence-electron chi connectivity index (χ1n) is 6.10. The van der Waals surface area contributed by atoms with Crippen LogP contribution in [0.2, 0.25) is 0 Å². The van der Waals surface area contributed by atoms with Crippen molar-refractivity contribution >= 4 is 5.97 Å². The third kappa shape index (κ3) is 2.43. The fraction of sp³-hybridized carbons (Fsp3) is 0.500. The molecular formula is C14H18O2. The normalized spacial score (nSPS) is 19.1. The number of carbonyl (C=O) groups excluding carboxylic acids is 1. The molecule has 0 aromatic heterocycles. The van der Waals surface area contributed by atoms with Crippen LogP contribution in [0.3, 0.4) is 0 Å². The number of cyclic esters (lactones) is 1. The van der Waals surface area contributed by atoms with E-state index in [1.165, 1.54) is 12.8 Å². The monoisotopic (exact) mass is 218 g/mol. The average molecular weight is 218 g/mol. The molecule has 1 atom stereocenters. The smallest absolute Gasteiger partial charge is 0.338 e. The predicted octanol–water partition coefficient (Wildman–Crippen LogP) is 3.35. The van der Waals surface area contributed by atoms with Crippen molar-refractivity contribution in [2.45, 2.75) is 45.1 Å². The molecule has 1 heterocycles. The first kappa shape index (κ1) is 11.2. The molecule has 0 N–H and O–H groups in total. The molecule has 2 nitrogen and oxygen atoms in total. The zero-order chi connectivity index (χ0) is 11.4. The Balaban J connectivity index is 2.01. The molecule has 1 aliphatic rings. The molecule has 0 fully saturated rings. The number of hydrogen-bond donors (Lipinski definition) is 0. The minimum absolute atomic E-state index is 0.0916. The lowest BCUT2D eigenvalue weighted by atomic mass is 9.96. The maximum atomic E-state index is 11.7. The minimum atomic E-state index is -0.150. The molecule has 0 radical (unpaired) electrons. The Kier molecular flexibility index (Phi) is 3.60. The summed E-state index contributed by atoms with van der Waals surface area (Å²) in [5.41, 5.74) is 1.88. The Morgan fingerprint density at radius 2 is 2.12 bits per heavy atom. The number of rotatable bonds is 4. The Hall–Kier alpha value is -1.31. The number of carbonyl (C=O) groups is 1. The highest BCUT2D eigenvalue weighted by molar-refractivity contribution is 5.92. The van der Waals surface area contributed by atoms with E-state index in [1.807, 2.05) is 24.3 Å². The van der Waals surface area contributed by atoms with Crippen molar-refractivity contribution in [2.24, 2.45) is 0 Å². The summed E-state index contributed by atoms with van der Waals surface area (Å²) in [6.07, 6.45) is 5.54. The highest BCUT2D eigenvalue weighted by atomic mass is 16.5. The summed E-state index contributed by atoms with van der Waals surface area (Å²) in [6.45, 7) is 2.18. The third-order valence-electron chi connectivity index (χ3n) is 3.09. The van der Waals surface area contributed by atoms with Crippen molar-refractivity contribution in [3.8, 4) is 0 Å². The Morgan fingerprint density at radius 1 is 1.31 bits per heavy atom. The molecule has 2 rings (SSSR count). The first-order valence-corrected chi connectivity index (χ1v) is 6.10. The van der Waals surface area contributed by atoms with Crippen LogP contribution in [-0.4, -0.2) is 12.1 Å². The molecule has 1 aromatic carbocycles. The zero-order valence-electron chi connectivity index (χ0n) is 9.74. The van der Waals surface area contributed by atoms with Crippen LogP contribution in [0.4, 0.5) is 0 Å². The van der Waals surface area contributed by atoms with Gasteiger partial charge in [-0.15, -0.1) is 0 Å². The van der Waals surface area contributed by atoms with E-state index in [1.54, 1.807) is 0 Å². The van der Waals surface area contributed by atoms with Gasteiger partial charge < -0.3 is 4.74 Å². The number of hydrogen-bond acceptors (Lipinski definition) is 2. The van der Waals surface area contributed by atoms with E-state index in [4.69, 9.17) is 4.74 Å². The summed E-state index contributed by atoms with van der Waals surface area (Å²) in [5, 5.41) is 0. The summed E-state index contributed by atoms with van der Waals surface area (Å²) in [4.78, 5) is 11.7. The molecule has 86 valence electrons. The molecule has 16 heavy (non-hydrogen) atoms. The summed E-state index contributed by atoms with van der Waals surface area (Å²) in [7, 11) is 0. The summed E-state index contributed by atoms with van der Waals surface area (Å²) >= 11 is 0. The lowest BCUT2D eigenvalue weighted by Gasteiger charge is -2.24. The number of benzene rings is 1. The van der Waals surface area contributed by atoms with E-state index in [0.717, 1.165) is 30.4 Å². The number of ether oxygens (including phenoxy) is 1. The van der Waals surface area contributed by atoms with Gasteiger partial charge >= 0.3 is 5.97 Å². The van der Waals surface area contributed by atoms with Gasteiger partial charge in [-0.05, 0) is 24.5 Å². The van der Waals surface area contributed by atoms with Gasteiger partial charge in [-0.3, -0.25) is 0 Å².